The van der Waals surface area contributed by atoms with Crippen molar-refractivity contribution in [3.8, 4) is 0 Å². The summed E-state index contributed by atoms with van der Waals surface area (Å²) in [6, 6.07) is 8.77. The lowest BCUT2D eigenvalue weighted by atomic mass is 10.1. The molecule has 1 atom stereocenters. The van der Waals surface area contributed by atoms with E-state index >= 15 is 0 Å². The Morgan fingerprint density at radius 1 is 1.32 bits per heavy atom. The van der Waals surface area contributed by atoms with Crippen molar-refractivity contribution in [1.29, 1.82) is 0 Å². The molecule has 104 valence electrons. The van der Waals surface area contributed by atoms with Crippen molar-refractivity contribution in [2.75, 3.05) is 13.2 Å². The van der Waals surface area contributed by atoms with E-state index in [0.29, 0.717) is 5.92 Å². The number of aliphatic hydroxyl groups is 1. The number of rotatable bonds is 7. The molecule has 0 aliphatic carbocycles. The molecule has 3 heteroatoms. The number of fused-ring (bicyclic) bond motifs is 1. The zero-order valence-electron chi connectivity index (χ0n) is 11.9. The molecule has 0 saturated heterocycles. The minimum absolute atomic E-state index is 0.235. The van der Waals surface area contributed by atoms with E-state index in [2.05, 4.69) is 54.2 Å². The van der Waals surface area contributed by atoms with E-state index in [9.17, 15) is 0 Å². The van der Waals surface area contributed by atoms with Gasteiger partial charge >= 0.3 is 0 Å². The summed E-state index contributed by atoms with van der Waals surface area (Å²) < 4.78 is 2.22. The van der Waals surface area contributed by atoms with Crippen molar-refractivity contribution in [1.82, 2.24) is 9.88 Å². The first kappa shape index (κ1) is 14.1. The predicted molar refractivity (Wildman–Crippen MR) is 80.2 cm³/mol. The van der Waals surface area contributed by atoms with E-state index in [0.717, 1.165) is 26.1 Å². The lowest BCUT2D eigenvalue weighted by Gasteiger charge is -2.11. The Labute approximate surface area is 115 Å². The Hall–Kier alpha value is -1.32. The van der Waals surface area contributed by atoms with E-state index < -0.39 is 0 Å². The Morgan fingerprint density at radius 3 is 2.89 bits per heavy atom. The van der Waals surface area contributed by atoms with Gasteiger partial charge in [0.05, 0.1) is 0 Å². The Bertz CT molecular complexity index is 518. The van der Waals surface area contributed by atoms with Crippen LogP contribution in [0.25, 0.3) is 10.9 Å². The first-order valence-corrected chi connectivity index (χ1v) is 7.14. The van der Waals surface area contributed by atoms with E-state index in [1.807, 2.05) is 0 Å². The number of nitrogens with zero attached hydrogens (tertiary/aromatic N) is 1. The number of hydrogen-bond acceptors (Lipinski definition) is 2. The van der Waals surface area contributed by atoms with Crippen LogP contribution in [0.15, 0.2) is 30.5 Å². The van der Waals surface area contributed by atoms with Gasteiger partial charge in [0, 0.05) is 31.4 Å². The van der Waals surface area contributed by atoms with Gasteiger partial charge < -0.3 is 15.0 Å². The van der Waals surface area contributed by atoms with Crippen LogP contribution in [-0.2, 0) is 13.1 Å². The van der Waals surface area contributed by atoms with E-state index in [1.165, 1.54) is 16.5 Å². The van der Waals surface area contributed by atoms with Crippen LogP contribution in [0, 0.1) is 5.92 Å². The van der Waals surface area contributed by atoms with Gasteiger partial charge in [-0.2, -0.15) is 0 Å². The van der Waals surface area contributed by atoms with E-state index in [4.69, 9.17) is 5.11 Å². The van der Waals surface area contributed by atoms with Gasteiger partial charge in [-0.05, 0) is 48.0 Å². The van der Waals surface area contributed by atoms with Gasteiger partial charge in [-0.25, -0.2) is 0 Å². The lowest BCUT2D eigenvalue weighted by molar-refractivity contribution is 0.224. The third kappa shape index (κ3) is 3.58. The summed E-state index contributed by atoms with van der Waals surface area (Å²) in [6.45, 7) is 7.34. The normalized spacial score (nSPS) is 13.0. The third-order valence-corrected chi connectivity index (χ3v) is 3.41. The minimum Gasteiger partial charge on any atom is -0.396 e. The van der Waals surface area contributed by atoms with Crippen molar-refractivity contribution < 1.29 is 5.11 Å². The maximum Gasteiger partial charge on any atom is 0.0480 e. The van der Waals surface area contributed by atoms with Crippen molar-refractivity contribution in [3.63, 3.8) is 0 Å². The molecule has 0 spiro atoms. The molecule has 19 heavy (non-hydrogen) atoms. The largest absolute Gasteiger partial charge is 0.396 e. The van der Waals surface area contributed by atoms with Crippen molar-refractivity contribution >= 4 is 10.9 Å². The highest BCUT2D eigenvalue weighted by atomic mass is 16.3. The van der Waals surface area contributed by atoms with Crippen LogP contribution in [0.1, 0.15) is 25.8 Å². The molecule has 2 aromatic rings. The van der Waals surface area contributed by atoms with Crippen LogP contribution in [0.5, 0.6) is 0 Å². The van der Waals surface area contributed by atoms with Gasteiger partial charge in [-0.3, -0.25) is 0 Å². The SMILES string of the molecule is CCCNCc1ccc2c(ccn2CC(C)CO)c1. The topological polar surface area (TPSA) is 37.2 Å². The number of hydrogen-bond donors (Lipinski definition) is 2. The maximum absolute atomic E-state index is 9.15. The highest BCUT2D eigenvalue weighted by Gasteiger charge is 2.05. The Kier molecular flexibility index (Phi) is 5.00. The van der Waals surface area contributed by atoms with Gasteiger partial charge in [0.1, 0.15) is 0 Å². The summed E-state index contributed by atoms with van der Waals surface area (Å²) in [7, 11) is 0. The van der Waals surface area contributed by atoms with Crippen LogP contribution in [-0.4, -0.2) is 22.8 Å². The Balaban J connectivity index is 2.12. The second kappa shape index (κ2) is 6.73. The minimum atomic E-state index is 0.235. The molecule has 2 rings (SSSR count). The van der Waals surface area contributed by atoms with Gasteiger partial charge in [0.25, 0.3) is 0 Å². The fourth-order valence-electron chi connectivity index (χ4n) is 2.32. The molecule has 1 heterocycles. The van der Waals surface area contributed by atoms with Gasteiger partial charge in [0.15, 0.2) is 0 Å². The molecule has 1 aromatic heterocycles. The molecule has 1 unspecified atom stereocenters. The molecule has 2 N–H and O–H groups in total. The summed E-state index contributed by atoms with van der Waals surface area (Å²) >= 11 is 0. The second-order valence-corrected chi connectivity index (χ2v) is 5.33. The number of benzene rings is 1. The van der Waals surface area contributed by atoms with Crippen LogP contribution < -0.4 is 5.32 Å². The predicted octanol–water partition coefficient (Wildman–Crippen LogP) is 2.77. The van der Waals surface area contributed by atoms with Crippen molar-refractivity contribution in [2.24, 2.45) is 5.92 Å². The molecule has 0 radical (unpaired) electrons. The third-order valence-electron chi connectivity index (χ3n) is 3.41. The molecule has 0 amide bonds. The number of nitrogens with one attached hydrogen (secondary N) is 1. The van der Waals surface area contributed by atoms with Crippen LogP contribution in [0.3, 0.4) is 0 Å². The summed E-state index contributed by atoms with van der Waals surface area (Å²) in [6.07, 6.45) is 3.28. The van der Waals surface area contributed by atoms with Gasteiger partial charge in [0.2, 0.25) is 0 Å². The molecule has 0 bridgehead atoms. The molecule has 3 nitrogen and oxygen atoms in total. The molecular weight excluding hydrogens is 236 g/mol. The van der Waals surface area contributed by atoms with Gasteiger partial charge in [-0.1, -0.05) is 19.9 Å². The maximum atomic E-state index is 9.15. The number of aliphatic hydroxyl groups excluding tert-OH is 1. The highest BCUT2D eigenvalue weighted by molar-refractivity contribution is 5.80. The zero-order valence-corrected chi connectivity index (χ0v) is 11.9. The average Bonchev–Trinajstić information content (AvgIpc) is 2.81. The smallest absolute Gasteiger partial charge is 0.0480 e. The van der Waals surface area contributed by atoms with Crippen LogP contribution >= 0.6 is 0 Å². The average molecular weight is 260 g/mol. The van der Waals surface area contributed by atoms with Crippen molar-refractivity contribution in [3.05, 3.63) is 36.0 Å². The van der Waals surface area contributed by atoms with E-state index in [-0.39, 0.29) is 6.61 Å². The van der Waals surface area contributed by atoms with E-state index in [1.54, 1.807) is 0 Å². The first-order valence-electron chi connectivity index (χ1n) is 7.14. The fourth-order valence-corrected chi connectivity index (χ4v) is 2.32. The first-order chi connectivity index (χ1) is 9.24. The molecule has 0 saturated carbocycles. The zero-order chi connectivity index (χ0) is 13.7. The lowest BCUT2D eigenvalue weighted by Crippen LogP contribution is -2.13. The van der Waals surface area contributed by atoms with Crippen LogP contribution in [0.2, 0.25) is 0 Å². The second-order valence-electron chi connectivity index (χ2n) is 5.33. The molecule has 0 aliphatic heterocycles. The summed E-state index contributed by atoms with van der Waals surface area (Å²) in [5, 5.41) is 13.9. The Morgan fingerprint density at radius 2 is 2.16 bits per heavy atom. The fraction of sp³-hybridized carbons (Fsp3) is 0.500. The molecule has 0 fully saturated rings. The van der Waals surface area contributed by atoms with Crippen LogP contribution in [0.4, 0.5) is 0 Å². The number of aromatic nitrogens is 1. The summed E-state index contributed by atoms with van der Waals surface area (Å²) in [4.78, 5) is 0. The standard InChI is InChI=1S/C16H24N2O/c1-3-7-17-10-14-4-5-16-15(9-14)6-8-18(16)11-13(2)12-19/h4-6,8-9,13,17,19H,3,7,10-12H2,1-2H3. The molecule has 1 aromatic carbocycles. The monoisotopic (exact) mass is 260 g/mol. The highest BCUT2D eigenvalue weighted by Crippen LogP contribution is 2.19. The quantitative estimate of drug-likeness (QED) is 0.751. The molecular formula is C16H24N2O. The molecule has 0 aliphatic rings. The van der Waals surface area contributed by atoms with Crippen molar-refractivity contribution in [2.45, 2.75) is 33.4 Å². The summed E-state index contributed by atoms with van der Waals surface area (Å²) in [5.74, 6) is 0.293. The summed E-state index contributed by atoms with van der Waals surface area (Å²) in [5.41, 5.74) is 2.58. The van der Waals surface area contributed by atoms with Gasteiger partial charge in [-0.15, -0.1) is 0 Å².